The molecule has 2 aromatic carbocycles. The smallest absolute Gasteiger partial charge is 0.241 e. The summed E-state index contributed by atoms with van der Waals surface area (Å²) in [7, 11) is -3.93. The van der Waals surface area contributed by atoms with Crippen LogP contribution in [0.15, 0.2) is 65.7 Å². The number of thiophene rings is 1. The average molecular weight is 545 g/mol. The van der Waals surface area contributed by atoms with E-state index in [0.29, 0.717) is 24.8 Å². The minimum absolute atomic E-state index is 0. The van der Waals surface area contributed by atoms with Gasteiger partial charge in [-0.1, -0.05) is 37.3 Å². The number of hydrogen-bond donors (Lipinski definition) is 2. The Balaban J connectivity index is 0.00000304. The molecular weight excluding hydrogens is 516 g/mol. The second-order valence-electron chi connectivity index (χ2n) is 9.22. The minimum atomic E-state index is -3.93. The number of carbonyl (C=O) groups excluding carboxylic acids is 1. The van der Waals surface area contributed by atoms with Gasteiger partial charge in [-0.05, 0) is 53.8 Å². The highest BCUT2D eigenvalue weighted by Gasteiger charge is 2.31. The molecule has 0 saturated carbocycles. The van der Waals surface area contributed by atoms with Crippen molar-refractivity contribution in [2.45, 2.75) is 37.1 Å². The van der Waals surface area contributed by atoms with Crippen molar-refractivity contribution in [3.05, 3.63) is 65.7 Å². The van der Waals surface area contributed by atoms with Gasteiger partial charge >= 0.3 is 0 Å². The van der Waals surface area contributed by atoms with E-state index in [9.17, 15) is 13.2 Å². The summed E-state index contributed by atoms with van der Waals surface area (Å²) in [6.45, 7) is 3.45. The molecule has 3 N–H and O–H groups in total. The van der Waals surface area contributed by atoms with Crippen molar-refractivity contribution >= 4 is 66.4 Å². The fourth-order valence-electron chi connectivity index (χ4n) is 4.56. The second-order valence-corrected chi connectivity index (χ2v) is 12.1. The van der Waals surface area contributed by atoms with E-state index in [1.54, 1.807) is 29.3 Å². The molecule has 36 heavy (non-hydrogen) atoms. The zero-order valence-corrected chi connectivity index (χ0v) is 22.3. The SMILES string of the molecule is CC1CCN(C(=O)C(Cc2cc3c(N)nccc3s2)NS(=O)(=O)c2ccc3ccccc3c2)CC1.Cl. The predicted molar refractivity (Wildman–Crippen MR) is 148 cm³/mol. The van der Waals surface area contributed by atoms with Crippen LogP contribution < -0.4 is 10.5 Å². The maximum atomic E-state index is 13.6. The number of nitrogen functional groups attached to an aromatic ring is 1. The van der Waals surface area contributed by atoms with E-state index in [4.69, 9.17) is 5.73 Å². The number of likely N-dealkylation sites (tertiary alicyclic amines) is 1. The van der Waals surface area contributed by atoms with E-state index in [1.807, 2.05) is 36.4 Å². The first-order valence-corrected chi connectivity index (χ1v) is 14.0. The fourth-order valence-corrected chi connectivity index (χ4v) is 6.89. The second kappa shape index (κ2) is 10.7. The number of carbonyl (C=O) groups is 1. The number of nitrogens with one attached hydrogen (secondary N) is 1. The number of hydrogen-bond acceptors (Lipinski definition) is 6. The predicted octanol–water partition coefficient (Wildman–Crippen LogP) is 4.60. The van der Waals surface area contributed by atoms with Crippen LogP contribution in [0, 0.1) is 5.92 Å². The highest BCUT2D eigenvalue weighted by molar-refractivity contribution is 7.89. The quantitative estimate of drug-likeness (QED) is 0.369. The maximum absolute atomic E-state index is 13.6. The average Bonchev–Trinajstić information content (AvgIpc) is 3.27. The largest absolute Gasteiger partial charge is 0.383 e. The molecule has 10 heteroatoms. The number of piperidine rings is 1. The molecule has 1 atom stereocenters. The van der Waals surface area contributed by atoms with Crippen molar-refractivity contribution in [3.8, 4) is 0 Å². The lowest BCUT2D eigenvalue weighted by atomic mass is 9.98. The first-order chi connectivity index (χ1) is 16.8. The van der Waals surface area contributed by atoms with Crippen LogP contribution in [0.25, 0.3) is 20.9 Å². The number of amides is 1. The van der Waals surface area contributed by atoms with Gasteiger partial charge in [-0.3, -0.25) is 4.79 Å². The Morgan fingerprint density at radius 3 is 2.58 bits per heavy atom. The molecule has 1 amide bonds. The molecule has 0 bridgehead atoms. The number of nitrogens with zero attached hydrogens (tertiary/aromatic N) is 2. The van der Waals surface area contributed by atoms with E-state index in [1.165, 1.54) is 11.3 Å². The van der Waals surface area contributed by atoms with E-state index in [-0.39, 0.29) is 29.6 Å². The summed E-state index contributed by atoms with van der Waals surface area (Å²) < 4.78 is 30.6. The van der Waals surface area contributed by atoms with Crippen molar-refractivity contribution in [1.29, 1.82) is 0 Å². The van der Waals surface area contributed by atoms with Gasteiger partial charge < -0.3 is 10.6 Å². The molecule has 2 aromatic heterocycles. The van der Waals surface area contributed by atoms with Gasteiger partial charge in [0.1, 0.15) is 11.9 Å². The van der Waals surface area contributed by atoms with E-state index in [2.05, 4.69) is 16.6 Å². The van der Waals surface area contributed by atoms with Gasteiger partial charge in [-0.15, -0.1) is 23.7 Å². The fraction of sp³-hybridized carbons (Fsp3) is 0.308. The molecule has 7 nitrogen and oxygen atoms in total. The normalized spacial score (nSPS) is 15.6. The van der Waals surface area contributed by atoms with Gasteiger partial charge in [0.2, 0.25) is 15.9 Å². The first kappa shape index (κ1) is 26.3. The molecule has 0 aliphatic carbocycles. The standard InChI is InChI=1S/C26H28N4O3S2.ClH/c1-17-9-12-30(13-10-17)26(31)23(16-20-15-22-24(34-20)8-11-28-25(22)27)29-35(32,33)21-7-6-18-4-2-3-5-19(18)14-21;/h2-8,11,14-15,17,23,29H,9-10,12-13,16H2,1H3,(H2,27,28);1H. The number of rotatable bonds is 6. The topological polar surface area (TPSA) is 105 Å². The Kier molecular flexibility index (Phi) is 7.85. The molecule has 1 aliphatic heterocycles. The van der Waals surface area contributed by atoms with Crippen LogP contribution in [0.3, 0.4) is 0 Å². The molecule has 0 radical (unpaired) electrons. The Morgan fingerprint density at radius 1 is 1.14 bits per heavy atom. The molecule has 1 fully saturated rings. The maximum Gasteiger partial charge on any atom is 0.241 e. The van der Waals surface area contributed by atoms with Gasteiger partial charge in [0, 0.05) is 40.7 Å². The number of halogens is 1. The Hall–Kier alpha value is -2.72. The molecule has 1 saturated heterocycles. The third kappa shape index (κ3) is 5.49. The summed E-state index contributed by atoms with van der Waals surface area (Å²) >= 11 is 1.50. The van der Waals surface area contributed by atoms with Gasteiger partial charge in [-0.25, -0.2) is 13.4 Å². The lowest BCUT2D eigenvalue weighted by molar-refractivity contribution is -0.134. The number of benzene rings is 2. The monoisotopic (exact) mass is 544 g/mol. The summed E-state index contributed by atoms with van der Waals surface area (Å²) in [6, 6.07) is 15.5. The zero-order valence-electron chi connectivity index (χ0n) is 19.9. The van der Waals surface area contributed by atoms with Crippen LogP contribution in [-0.4, -0.2) is 43.3 Å². The molecule has 1 aliphatic rings. The van der Waals surface area contributed by atoms with Gasteiger partial charge in [0.05, 0.1) is 4.90 Å². The molecular formula is C26H29ClN4O3S2. The van der Waals surface area contributed by atoms with Crippen molar-refractivity contribution < 1.29 is 13.2 Å². The summed E-state index contributed by atoms with van der Waals surface area (Å²) in [5.74, 6) is 0.796. The molecule has 190 valence electrons. The van der Waals surface area contributed by atoms with Gasteiger partial charge in [0.25, 0.3) is 0 Å². The van der Waals surface area contributed by atoms with E-state index in [0.717, 1.165) is 38.6 Å². The van der Waals surface area contributed by atoms with Crippen LogP contribution in [-0.2, 0) is 21.2 Å². The molecule has 1 unspecified atom stereocenters. The third-order valence-electron chi connectivity index (χ3n) is 6.65. The summed E-state index contributed by atoms with van der Waals surface area (Å²) in [5, 5.41) is 2.61. The van der Waals surface area contributed by atoms with Crippen molar-refractivity contribution in [3.63, 3.8) is 0 Å². The Labute approximate surface area is 221 Å². The van der Waals surface area contributed by atoms with Gasteiger partial charge in [-0.2, -0.15) is 4.72 Å². The van der Waals surface area contributed by atoms with Crippen LogP contribution in [0.4, 0.5) is 5.82 Å². The van der Waals surface area contributed by atoms with E-state index >= 15 is 0 Å². The summed E-state index contributed by atoms with van der Waals surface area (Å²) in [4.78, 5) is 20.5. The number of nitrogens with two attached hydrogens (primary N) is 1. The molecule has 5 rings (SSSR count). The van der Waals surface area contributed by atoms with Crippen LogP contribution in [0.1, 0.15) is 24.6 Å². The molecule has 4 aromatic rings. The minimum Gasteiger partial charge on any atom is -0.383 e. The van der Waals surface area contributed by atoms with Crippen molar-refractivity contribution in [2.24, 2.45) is 5.92 Å². The lowest BCUT2D eigenvalue weighted by Gasteiger charge is -2.33. The lowest BCUT2D eigenvalue weighted by Crippen LogP contribution is -2.51. The van der Waals surface area contributed by atoms with Crippen LogP contribution in [0.2, 0.25) is 0 Å². The number of sulfonamides is 1. The van der Waals surface area contributed by atoms with E-state index < -0.39 is 16.1 Å². The highest BCUT2D eigenvalue weighted by atomic mass is 35.5. The summed E-state index contributed by atoms with van der Waals surface area (Å²) in [5.41, 5.74) is 6.02. The Morgan fingerprint density at radius 2 is 1.86 bits per heavy atom. The van der Waals surface area contributed by atoms with Gasteiger partial charge in [0.15, 0.2) is 0 Å². The number of aromatic nitrogens is 1. The van der Waals surface area contributed by atoms with Crippen molar-refractivity contribution in [1.82, 2.24) is 14.6 Å². The van der Waals surface area contributed by atoms with Crippen LogP contribution >= 0.6 is 23.7 Å². The molecule has 3 heterocycles. The first-order valence-electron chi connectivity index (χ1n) is 11.7. The Bertz CT molecular complexity index is 1500. The number of anilines is 1. The summed E-state index contributed by atoms with van der Waals surface area (Å²) in [6.07, 6.45) is 3.73. The number of pyridine rings is 1. The van der Waals surface area contributed by atoms with Crippen LogP contribution in [0.5, 0.6) is 0 Å². The third-order valence-corrected chi connectivity index (χ3v) is 9.25. The van der Waals surface area contributed by atoms with Crippen molar-refractivity contribution in [2.75, 3.05) is 18.8 Å². The molecule has 0 spiro atoms. The number of fused-ring (bicyclic) bond motifs is 2. The highest BCUT2D eigenvalue weighted by Crippen LogP contribution is 2.30. The zero-order chi connectivity index (χ0) is 24.6.